The Morgan fingerprint density at radius 3 is 2.77 bits per heavy atom. The van der Waals surface area contributed by atoms with Crippen LogP contribution in [0.4, 0.5) is 0 Å². The quantitative estimate of drug-likeness (QED) is 0.868. The van der Waals surface area contributed by atoms with E-state index < -0.39 is 0 Å². The summed E-state index contributed by atoms with van der Waals surface area (Å²) >= 11 is 0. The Hall–Kier alpha value is -1.55. The molecule has 22 heavy (non-hydrogen) atoms. The number of carbonyl (C=O) groups excluding carboxylic acids is 1. The summed E-state index contributed by atoms with van der Waals surface area (Å²) in [5.41, 5.74) is 1.27. The highest BCUT2D eigenvalue weighted by molar-refractivity contribution is 5.72. The van der Waals surface area contributed by atoms with Gasteiger partial charge in [0.2, 0.25) is 0 Å². The van der Waals surface area contributed by atoms with Gasteiger partial charge in [-0.25, -0.2) is 0 Å². The van der Waals surface area contributed by atoms with E-state index >= 15 is 0 Å². The average molecular weight is 303 g/mol. The molecule has 3 rings (SSSR count). The number of esters is 1. The van der Waals surface area contributed by atoms with Crippen molar-refractivity contribution in [2.24, 2.45) is 5.92 Å². The molecule has 1 unspecified atom stereocenters. The molecule has 1 fully saturated rings. The van der Waals surface area contributed by atoms with Gasteiger partial charge in [0.1, 0.15) is 5.75 Å². The summed E-state index contributed by atoms with van der Waals surface area (Å²) in [4.78, 5) is 11.8. The van der Waals surface area contributed by atoms with Crippen molar-refractivity contribution in [3.8, 4) is 5.75 Å². The topological polar surface area (TPSA) is 47.6 Å². The number of para-hydroxylation sites is 1. The molecule has 1 N–H and O–H groups in total. The van der Waals surface area contributed by atoms with Crippen LogP contribution in [-0.4, -0.2) is 25.2 Å². The first kappa shape index (κ1) is 15.3. The molecule has 1 atom stereocenters. The molecule has 0 spiro atoms. The molecule has 4 nitrogen and oxygen atoms in total. The van der Waals surface area contributed by atoms with Crippen molar-refractivity contribution >= 4 is 5.97 Å². The maximum atomic E-state index is 11.8. The monoisotopic (exact) mass is 303 g/mol. The highest BCUT2D eigenvalue weighted by Gasteiger charge is 2.30. The molecule has 0 amide bonds. The second kappa shape index (κ2) is 7.14. The Kier molecular flexibility index (Phi) is 4.98. The van der Waals surface area contributed by atoms with Crippen LogP contribution in [0.15, 0.2) is 24.3 Å². The minimum absolute atomic E-state index is 0.0163. The second-order valence-corrected chi connectivity index (χ2v) is 6.19. The normalized spacial score (nSPS) is 27.6. The lowest BCUT2D eigenvalue weighted by Crippen LogP contribution is -2.39. The second-order valence-electron chi connectivity index (χ2n) is 6.19. The van der Waals surface area contributed by atoms with Gasteiger partial charge in [-0.3, -0.25) is 4.79 Å². The number of carbonyl (C=O) groups is 1. The molecule has 2 aliphatic rings. The first-order valence-corrected chi connectivity index (χ1v) is 8.42. The lowest BCUT2D eigenvalue weighted by molar-refractivity contribution is -0.149. The lowest BCUT2D eigenvalue weighted by Gasteiger charge is -2.34. The van der Waals surface area contributed by atoms with Gasteiger partial charge in [-0.1, -0.05) is 18.2 Å². The zero-order valence-electron chi connectivity index (χ0n) is 13.2. The summed E-state index contributed by atoms with van der Waals surface area (Å²) in [5, 5.41) is 3.77. The summed E-state index contributed by atoms with van der Waals surface area (Å²) in [6, 6.07) is 9.14. The first-order chi connectivity index (χ1) is 10.8. The van der Waals surface area contributed by atoms with Crippen molar-refractivity contribution in [2.75, 3.05) is 13.2 Å². The van der Waals surface area contributed by atoms with Gasteiger partial charge >= 0.3 is 5.97 Å². The number of benzene rings is 1. The predicted octanol–water partition coefficient (Wildman–Crippen LogP) is 3.22. The third kappa shape index (κ3) is 3.43. The van der Waals surface area contributed by atoms with Crippen LogP contribution in [0.5, 0.6) is 5.75 Å². The van der Waals surface area contributed by atoms with Crippen LogP contribution in [-0.2, 0) is 9.53 Å². The fourth-order valence-electron chi connectivity index (χ4n) is 3.56. The van der Waals surface area contributed by atoms with Crippen LogP contribution >= 0.6 is 0 Å². The van der Waals surface area contributed by atoms with Gasteiger partial charge in [0, 0.05) is 24.1 Å². The first-order valence-electron chi connectivity index (χ1n) is 8.42. The van der Waals surface area contributed by atoms with E-state index in [2.05, 4.69) is 17.4 Å². The summed E-state index contributed by atoms with van der Waals surface area (Å²) in [5.74, 6) is 1.09. The highest BCUT2D eigenvalue weighted by Crippen LogP contribution is 2.34. The van der Waals surface area contributed by atoms with Gasteiger partial charge in [0.15, 0.2) is 0 Å². The number of hydrogen-bond donors (Lipinski definition) is 1. The molecule has 0 saturated heterocycles. The van der Waals surface area contributed by atoms with Gasteiger partial charge in [-0.15, -0.1) is 0 Å². The van der Waals surface area contributed by atoms with Gasteiger partial charge in [0.05, 0.1) is 19.1 Å². The largest absolute Gasteiger partial charge is 0.493 e. The Labute approximate surface area is 132 Å². The van der Waals surface area contributed by atoms with E-state index in [-0.39, 0.29) is 11.9 Å². The van der Waals surface area contributed by atoms with Crippen molar-refractivity contribution in [1.82, 2.24) is 5.32 Å². The van der Waals surface area contributed by atoms with Gasteiger partial charge in [-0.2, -0.15) is 0 Å². The number of nitrogens with one attached hydrogen (secondary N) is 1. The summed E-state index contributed by atoms with van der Waals surface area (Å²) in [6.45, 7) is 3.12. The Morgan fingerprint density at radius 1 is 1.23 bits per heavy atom. The van der Waals surface area contributed by atoms with Crippen LogP contribution in [0.25, 0.3) is 0 Å². The van der Waals surface area contributed by atoms with Gasteiger partial charge in [-0.05, 0) is 38.7 Å². The molecular formula is C18H25NO3. The molecule has 1 aromatic rings. The maximum Gasteiger partial charge on any atom is 0.308 e. The molecular weight excluding hydrogens is 278 g/mol. The molecule has 0 aromatic heterocycles. The molecule has 4 heteroatoms. The third-order valence-electron chi connectivity index (χ3n) is 4.74. The summed E-state index contributed by atoms with van der Waals surface area (Å²) in [6.07, 6.45) is 4.96. The van der Waals surface area contributed by atoms with Crippen LogP contribution in [0.1, 0.15) is 50.6 Å². The lowest BCUT2D eigenvalue weighted by atomic mass is 9.85. The SMILES string of the molecule is CCOC(=O)C1CCC(NC2CCOc3ccccc32)CC1. The number of hydrogen-bond acceptors (Lipinski definition) is 4. The molecule has 120 valence electrons. The minimum Gasteiger partial charge on any atom is -0.493 e. The molecule has 1 heterocycles. The highest BCUT2D eigenvalue weighted by atomic mass is 16.5. The third-order valence-corrected chi connectivity index (χ3v) is 4.74. The van der Waals surface area contributed by atoms with Crippen molar-refractivity contribution in [2.45, 2.75) is 51.1 Å². The van der Waals surface area contributed by atoms with E-state index in [1.165, 1.54) is 5.56 Å². The zero-order valence-corrected chi connectivity index (χ0v) is 13.2. The minimum atomic E-state index is -0.0163. The molecule has 1 saturated carbocycles. The maximum absolute atomic E-state index is 11.8. The fraction of sp³-hybridized carbons (Fsp3) is 0.611. The Balaban J connectivity index is 1.55. The smallest absolute Gasteiger partial charge is 0.308 e. The van der Waals surface area contributed by atoms with E-state index in [1.54, 1.807) is 0 Å². The van der Waals surface area contributed by atoms with E-state index in [0.717, 1.165) is 44.5 Å². The Bertz CT molecular complexity index is 509. The zero-order chi connectivity index (χ0) is 15.4. The molecule has 1 aliphatic heterocycles. The molecule has 1 aromatic carbocycles. The van der Waals surface area contributed by atoms with Gasteiger partial charge in [0.25, 0.3) is 0 Å². The van der Waals surface area contributed by atoms with Crippen molar-refractivity contribution in [3.05, 3.63) is 29.8 Å². The molecule has 0 bridgehead atoms. The molecule has 0 radical (unpaired) electrons. The van der Waals surface area contributed by atoms with Crippen LogP contribution in [0.3, 0.4) is 0 Å². The van der Waals surface area contributed by atoms with Crippen molar-refractivity contribution < 1.29 is 14.3 Å². The van der Waals surface area contributed by atoms with Crippen LogP contribution < -0.4 is 10.1 Å². The van der Waals surface area contributed by atoms with E-state index in [4.69, 9.17) is 9.47 Å². The van der Waals surface area contributed by atoms with Crippen molar-refractivity contribution in [3.63, 3.8) is 0 Å². The van der Waals surface area contributed by atoms with E-state index in [9.17, 15) is 4.79 Å². The predicted molar refractivity (Wildman–Crippen MR) is 84.8 cm³/mol. The van der Waals surface area contributed by atoms with Crippen molar-refractivity contribution in [1.29, 1.82) is 0 Å². The van der Waals surface area contributed by atoms with Crippen LogP contribution in [0.2, 0.25) is 0 Å². The average Bonchev–Trinajstić information content (AvgIpc) is 2.56. The van der Waals surface area contributed by atoms with Crippen LogP contribution in [0, 0.1) is 5.92 Å². The number of ether oxygens (including phenoxy) is 2. The summed E-state index contributed by atoms with van der Waals surface area (Å²) in [7, 11) is 0. The van der Waals surface area contributed by atoms with Gasteiger partial charge < -0.3 is 14.8 Å². The van der Waals surface area contributed by atoms with E-state index in [1.807, 2.05) is 19.1 Å². The fourth-order valence-corrected chi connectivity index (χ4v) is 3.56. The number of rotatable bonds is 4. The standard InChI is InChI=1S/C18H25NO3/c1-2-21-18(20)13-7-9-14(10-8-13)19-16-11-12-22-17-6-4-3-5-15(16)17/h3-6,13-14,16,19H,2,7-12H2,1H3. The Morgan fingerprint density at radius 2 is 2.00 bits per heavy atom. The molecule has 1 aliphatic carbocycles. The summed E-state index contributed by atoms with van der Waals surface area (Å²) < 4.78 is 10.9. The van der Waals surface area contributed by atoms with E-state index in [0.29, 0.717) is 18.7 Å². The number of fused-ring (bicyclic) bond motifs is 1.